The van der Waals surface area contributed by atoms with Crippen molar-refractivity contribution in [3.05, 3.63) is 90.1 Å². The number of amides is 3. The number of aliphatic hydroxyl groups excluding tert-OH is 2. The van der Waals surface area contributed by atoms with Crippen LogP contribution >= 0.6 is 0 Å². The minimum Gasteiger partial charge on any atom is -0.390 e. The Morgan fingerprint density at radius 2 is 1.42 bits per heavy atom. The SMILES string of the molecule is COC(O)NC(C(=O)NN(Cc1ccc(-c2ccccn2)cc1)CC(O)C(Cc1ccccc1)NC(=O)C(NC(C)=O)C(C)(C)C)C(C)(C)C. The zero-order valence-corrected chi connectivity index (χ0v) is 30.4. The fraction of sp³-hybridized carbons (Fsp3) is 0.474. The lowest BCUT2D eigenvalue weighted by Gasteiger charge is -2.36. The summed E-state index contributed by atoms with van der Waals surface area (Å²) in [5, 5.41) is 32.2. The molecular weight excluding hydrogens is 636 g/mol. The molecule has 0 aliphatic heterocycles. The van der Waals surface area contributed by atoms with Crippen LogP contribution in [0.4, 0.5) is 0 Å². The number of aliphatic hydroxyl groups is 2. The van der Waals surface area contributed by atoms with Crippen molar-refractivity contribution >= 4 is 17.7 Å². The molecule has 6 N–H and O–H groups in total. The van der Waals surface area contributed by atoms with Crippen molar-refractivity contribution in [2.75, 3.05) is 13.7 Å². The van der Waals surface area contributed by atoms with Gasteiger partial charge < -0.3 is 25.6 Å². The van der Waals surface area contributed by atoms with Crippen molar-refractivity contribution in [1.29, 1.82) is 0 Å². The van der Waals surface area contributed by atoms with Crippen molar-refractivity contribution in [2.45, 2.75) is 92.1 Å². The summed E-state index contributed by atoms with van der Waals surface area (Å²) in [7, 11) is 1.32. The number of hydrogen-bond acceptors (Lipinski definition) is 9. The molecule has 5 atom stereocenters. The Morgan fingerprint density at radius 1 is 0.800 bits per heavy atom. The van der Waals surface area contributed by atoms with Crippen LogP contribution in [0.3, 0.4) is 0 Å². The third-order valence-corrected chi connectivity index (χ3v) is 8.19. The van der Waals surface area contributed by atoms with Gasteiger partial charge in [0.15, 0.2) is 0 Å². The van der Waals surface area contributed by atoms with E-state index in [0.29, 0.717) is 0 Å². The topological polar surface area (TPSA) is 165 Å². The first-order chi connectivity index (χ1) is 23.5. The highest BCUT2D eigenvalue weighted by atomic mass is 16.6. The second-order valence-electron chi connectivity index (χ2n) is 14.7. The second kappa shape index (κ2) is 18.2. The number of rotatable bonds is 16. The summed E-state index contributed by atoms with van der Waals surface area (Å²) in [4.78, 5) is 44.0. The Balaban J connectivity index is 1.95. The molecule has 3 aromatic rings. The van der Waals surface area contributed by atoms with Crippen LogP contribution in [0, 0.1) is 10.8 Å². The molecule has 0 radical (unpaired) electrons. The number of benzene rings is 2. The molecule has 0 saturated heterocycles. The number of nitrogens with zero attached hydrogens (tertiary/aromatic N) is 2. The van der Waals surface area contributed by atoms with E-state index in [1.54, 1.807) is 11.2 Å². The van der Waals surface area contributed by atoms with Crippen LogP contribution in [0.1, 0.15) is 59.6 Å². The summed E-state index contributed by atoms with van der Waals surface area (Å²) in [6.07, 6.45) is -0.534. The molecule has 50 heavy (non-hydrogen) atoms. The van der Waals surface area contributed by atoms with Crippen LogP contribution in [-0.2, 0) is 32.1 Å². The zero-order chi connectivity index (χ0) is 37.1. The number of hydrazine groups is 1. The second-order valence-corrected chi connectivity index (χ2v) is 14.7. The summed E-state index contributed by atoms with van der Waals surface area (Å²) >= 11 is 0. The molecule has 12 nitrogen and oxygen atoms in total. The van der Waals surface area contributed by atoms with Crippen LogP contribution in [0.2, 0.25) is 0 Å². The number of carbonyl (C=O) groups is 3. The van der Waals surface area contributed by atoms with E-state index in [4.69, 9.17) is 4.74 Å². The summed E-state index contributed by atoms with van der Waals surface area (Å²) in [5.41, 5.74) is 5.18. The van der Waals surface area contributed by atoms with Crippen molar-refractivity contribution < 1.29 is 29.3 Å². The third kappa shape index (κ3) is 12.6. The maximum atomic E-state index is 13.8. The number of pyridine rings is 1. The van der Waals surface area contributed by atoms with E-state index in [9.17, 15) is 24.6 Å². The lowest BCUT2D eigenvalue weighted by atomic mass is 9.85. The normalized spacial score (nSPS) is 15.0. The minimum atomic E-state index is -1.38. The molecule has 0 fully saturated rings. The average molecular weight is 691 g/mol. The first-order valence-electron chi connectivity index (χ1n) is 16.8. The fourth-order valence-electron chi connectivity index (χ4n) is 5.48. The predicted molar refractivity (Wildman–Crippen MR) is 193 cm³/mol. The molecule has 0 saturated carbocycles. The van der Waals surface area contributed by atoms with Crippen LogP contribution in [0.15, 0.2) is 79.0 Å². The van der Waals surface area contributed by atoms with Gasteiger partial charge in [-0.05, 0) is 40.5 Å². The molecule has 1 aromatic heterocycles. The van der Waals surface area contributed by atoms with Crippen LogP contribution in [-0.4, -0.2) is 82.2 Å². The van der Waals surface area contributed by atoms with Gasteiger partial charge in [-0.25, -0.2) is 5.01 Å². The number of ether oxygens (including phenoxy) is 1. The first-order valence-corrected chi connectivity index (χ1v) is 16.8. The van der Waals surface area contributed by atoms with Gasteiger partial charge in [-0.1, -0.05) is 102 Å². The van der Waals surface area contributed by atoms with Gasteiger partial charge in [0.05, 0.1) is 23.9 Å². The average Bonchev–Trinajstić information content (AvgIpc) is 3.05. The van der Waals surface area contributed by atoms with E-state index in [-0.39, 0.29) is 25.4 Å². The minimum absolute atomic E-state index is 0.0739. The molecule has 1 heterocycles. The predicted octanol–water partition coefficient (Wildman–Crippen LogP) is 3.15. The van der Waals surface area contributed by atoms with Crippen LogP contribution < -0.4 is 21.4 Å². The van der Waals surface area contributed by atoms with Crippen molar-refractivity contribution in [1.82, 2.24) is 31.4 Å². The van der Waals surface area contributed by atoms with Gasteiger partial charge >= 0.3 is 0 Å². The molecule has 272 valence electrons. The maximum absolute atomic E-state index is 13.8. The Morgan fingerprint density at radius 3 is 1.96 bits per heavy atom. The molecule has 3 amide bonds. The Bertz CT molecular complexity index is 1510. The van der Waals surface area contributed by atoms with E-state index in [0.717, 1.165) is 22.4 Å². The molecule has 0 aliphatic carbocycles. The van der Waals surface area contributed by atoms with Crippen molar-refractivity contribution in [3.63, 3.8) is 0 Å². The van der Waals surface area contributed by atoms with E-state index in [2.05, 4.69) is 26.4 Å². The highest BCUT2D eigenvalue weighted by Crippen LogP contribution is 2.23. The largest absolute Gasteiger partial charge is 0.390 e. The van der Waals surface area contributed by atoms with Gasteiger partial charge in [-0.3, -0.25) is 30.1 Å². The Hall–Kier alpha value is -4.20. The Kier molecular flexibility index (Phi) is 14.6. The van der Waals surface area contributed by atoms with E-state index >= 15 is 0 Å². The molecule has 0 aliphatic rings. The van der Waals surface area contributed by atoms with E-state index in [1.807, 2.05) is 114 Å². The smallest absolute Gasteiger partial charge is 0.252 e. The quantitative estimate of drug-likeness (QED) is 0.0979. The molecule has 3 rings (SSSR count). The number of hydrogen-bond donors (Lipinski definition) is 6. The monoisotopic (exact) mass is 690 g/mol. The molecule has 5 unspecified atom stereocenters. The third-order valence-electron chi connectivity index (χ3n) is 8.19. The number of methoxy groups -OCH3 is 1. The van der Waals surface area contributed by atoms with Gasteiger partial charge in [0.2, 0.25) is 18.2 Å². The van der Waals surface area contributed by atoms with Crippen LogP contribution in [0.5, 0.6) is 0 Å². The van der Waals surface area contributed by atoms with Crippen molar-refractivity contribution in [3.8, 4) is 11.3 Å². The lowest BCUT2D eigenvalue weighted by Crippen LogP contribution is -2.61. The first kappa shape index (κ1) is 40.2. The van der Waals surface area contributed by atoms with Crippen LogP contribution in [0.25, 0.3) is 11.3 Å². The summed E-state index contributed by atoms with van der Waals surface area (Å²) in [5.74, 6) is -1.23. The molecule has 2 aromatic carbocycles. The van der Waals surface area contributed by atoms with Gasteiger partial charge in [-0.2, -0.15) is 0 Å². The fourth-order valence-corrected chi connectivity index (χ4v) is 5.48. The molecule has 0 spiro atoms. The van der Waals surface area contributed by atoms with Gasteiger partial charge in [0, 0.05) is 38.9 Å². The zero-order valence-electron chi connectivity index (χ0n) is 30.4. The summed E-state index contributed by atoms with van der Waals surface area (Å²) in [6, 6.07) is 20.4. The summed E-state index contributed by atoms with van der Waals surface area (Å²) in [6.45, 7) is 12.6. The number of nitrogens with one attached hydrogen (secondary N) is 4. The van der Waals surface area contributed by atoms with E-state index < -0.39 is 53.3 Å². The lowest BCUT2D eigenvalue weighted by molar-refractivity contribution is -0.143. The highest BCUT2D eigenvalue weighted by molar-refractivity contribution is 5.87. The molecular formula is C38H54N6O6. The molecule has 0 bridgehead atoms. The van der Waals surface area contributed by atoms with Gasteiger partial charge in [0.1, 0.15) is 6.04 Å². The molecule has 12 heteroatoms. The maximum Gasteiger partial charge on any atom is 0.252 e. The van der Waals surface area contributed by atoms with E-state index in [1.165, 1.54) is 14.0 Å². The van der Waals surface area contributed by atoms with Gasteiger partial charge in [0.25, 0.3) is 5.91 Å². The number of aromatic nitrogens is 1. The number of carbonyl (C=O) groups excluding carboxylic acids is 3. The van der Waals surface area contributed by atoms with Gasteiger partial charge in [-0.15, -0.1) is 0 Å². The Labute approximate surface area is 296 Å². The van der Waals surface area contributed by atoms with Crippen molar-refractivity contribution in [2.24, 2.45) is 10.8 Å². The highest BCUT2D eigenvalue weighted by Gasteiger charge is 2.36. The standard InChI is InChI=1S/C38H54N6O6/c1-25(45)40-32(37(2,3)4)34(47)41-30(22-26-14-10-9-11-15-26)31(46)24-44(43-35(48)33(38(5,6)7)42-36(49)50-8)23-27-17-19-28(20-18-27)29-16-12-13-21-39-29/h9-21,30-33,36,42,46,49H,22-24H2,1-8H3,(H,40,45)(H,41,47)(H,43,48). The summed E-state index contributed by atoms with van der Waals surface area (Å²) < 4.78 is 4.97.